The summed E-state index contributed by atoms with van der Waals surface area (Å²) in [7, 11) is 0. The van der Waals surface area contributed by atoms with Gasteiger partial charge < -0.3 is 20.3 Å². The first-order valence-electron chi connectivity index (χ1n) is 36.8. The summed E-state index contributed by atoms with van der Waals surface area (Å²) in [6.45, 7) is 4.93. The minimum atomic E-state index is -0.844. The second kappa shape index (κ2) is 70.6. The van der Waals surface area contributed by atoms with Gasteiger partial charge in [0.15, 0.2) is 0 Å². The maximum absolute atomic E-state index is 12.5. The Hall–Kier alpha value is -1.92. The molecule has 0 fully saturated rings. The van der Waals surface area contributed by atoms with Crippen LogP contribution in [0.5, 0.6) is 0 Å². The highest BCUT2D eigenvalue weighted by Crippen LogP contribution is 2.18. The van der Waals surface area contributed by atoms with E-state index in [-0.39, 0.29) is 18.5 Å². The van der Waals surface area contributed by atoms with E-state index >= 15 is 0 Å². The number of amides is 1. The molecule has 0 spiro atoms. The van der Waals surface area contributed by atoms with Crippen LogP contribution in [0.25, 0.3) is 0 Å². The number of carbonyl (C=O) groups is 2. The molecule has 0 rings (SSSR count). The Morgan fingerprint density at radius 2 is 0.580 bits per heavy atom. The van der Waals surface area contributed by atoms with Crippen molar-refractivity contribution in [3.63, 3.8) is 0 Å². The SMILES string of the molecule is CCCCCCCC/C=C\CCCCCCCCCC(=O)OCCCCCCCCCCCCCC/C=C\CCCCCCCCCCCCCCCCC(=O)NC(CO)C(O)/C=C/CCCCCCCCCCCCCCCCC. The summed E-state index contributed by atoms with van der Waals surface area (Å²) in [5.41, 5.74) is 0. The molecule has 0 aromatic heterocycles. The van der Waals surface area contributed by atoms with Gasteiger partial charge >= 0.3 is 5.97 Å². The number of ether oxygens (including phenoxy) is 1. The third-order valence-electron chi connectivity index (χ3n) is 17.1. The number of unbranched alkanes of at least 4 members (excludes halogenated alkanes) is 54. The number of esters is 1. The van der Waals surface area contributed by atoms with Crippen molar-refractivity contribution in [2.75, 3.05) is 13.2 Å². The predicted octanol–water partition coefficient (Wildman–Crippen LogP) is 23.9. The number of nitrogens with one attached hydrogen (secondary N) is 1. The van der Waals surface area contributed by atoms with Gasteiger partial charge in [-0.3, -0.25) is 9.59 Å². The zero-order valence-electron chi connectivity index (χ0n) is 54.8. The molecule has 1 amide bonds. The van der Waals surface area contributed by atoms with Crippen molar-refractivity contribution in [2.24, 2.45) is 0 Å². The maximum atomic E-state index is 12.5. The quantitative estimate of drug-likeness (QED) is 0.0320. The average molecular weight is 1140 g/mol. The van der Waals surface area contributed by atoms with Gasteiger partial charge in [0.2, 0.25) is 5.91 Å². The fraction of sp³-hybridized carbons (Fsp3) is 0.893. The van der Waals surface area contributed by atoms with Gasteiger partial charge in [-0.25, -0.2) is 0 Å². The molecule has 0 aromatic carbocycles. The molecule has 6 heteroatoms. The van der Waals surface area contributed by atoms with Gasteiger partial charge in [-0.05, 0) is 83.5 Å². The number of allylic oxidation sites excluding steroid dienone is 5. The van der Waals surface area contributed by atoms with Gasteiger partial charge in [0, 0.05) is 12.8 Å². The lowest BCUT2D eigenvalue weighted by Crippen LogP contribution is -2.45. The molecule has 6 nitrogen and oxygen atoms in total. The molecule has 0 heterocycles. The molecule has 0 aliphatic carbocycles. The minimum Gasteiger partial charge on any atom is -0.466 e. The van der Waals surface area contributed by atoms with Gasteiger partial charge in [0.1, 0.15) is 0 Å². The molecule has 3 N–H and O–H groups in total. The van der Waals surface area contributed by atoms with Crippen molar-refractivity contribution >= 4 is 11.9 Å². The van der Waals surface area contributed by atoms with E-state index in [9.17, 15) is 19.8 Å². The molecule has 0 bridgehead atoms. The van der Waals surface area contributed by atoms with E-state index in [1.165, 1.54) is 334 Å². The lowest BCUT2D eigenvalue weighted by Gasteiger charge is -2.20. The van der Waals surface area contributed by atoms with E-state index < -0.39 is 12.1 Å². The molecule has 0 radical (unpaired) electrons. The molecule has 0 saturated carbocycles. The normalized spacial score (nSPS) is 12.7. The average Bonchev–Trinajstić information content (AvgIpc) is 3.47. The number of carbonyl (C=O) groups excluding carboxylic acids is 2. The summed E-state index contributed by atoms with van der Waals surface area (Å²) in [5.74, 6) is -0.0496. The first-order chi connectivity index (χ1) is 40.0. The van der Waals surface area contributed by atoms with Crippen LogP contribution in [0.1, 0.15) is 406 Å². The van der Waals surface area contributed by atoms with E-state index in [1.807, 2.05) is 6.08 Å². The van der Waals surface area contributed by atoms with Gasteiger partial charge in [-0.15, -0.1) is 0 Å². The minimum absolute atomic E-state index is 0.0140. The molecule has 81 heavy (non-hydrogen) atoms. The predicted molar refractivity (Wildman–Crippen MR) is 356 cm³/mol. The molecule has 478 valence electrons. The molecule has 2 unspecified atom stereocenters. The van der Waals surface area contributed by atoms with Crippen molar-refractivity contribution < 1.29 is 24.5 Å². The van der Waals surface area contributed by atoms with Crippen LogP contribution in [-0.2, 0) is 14.3 Å². The molecule has 0 aromatic rings. The summed E-state index contributed by atoms with van der Waals surface area (Å²) < 4.78 is 5.50. The van der Waals surface area contributed by atoms with Gasteiger partial charge in [0.05, 0.1) is 25.4 Å². The van der Waals surface area contributed by atoms with E-state index in [2.05, 4.69) is 43.5 Å². The Morgan fingerprint density at radius 3 is 0.877 bits per heavy atom. The van der Waals surface area contributed by atoms with Crippen molar-refractivity contribution in [3.8, 4) is 0 Å². The van der Waals surface area contributed by atoms with Crippen molar-refractivity contribution in [3.05, 3.63) is 36.5 Å². The molecular formula is C75H143NO5. The first-order valence-corrected chi connectivity index (χ1v) is 36.8. The first kappa shape index (κ1) is 79.1. The Labute approximate surface area is 506 Å². The molecule has 0 saturated heterocycles. The second-order valence-corrected chi connectivity index (χ2v) is 25.3. The van der Waals surface area contributed by atoms with Crippen molar-refractivity contribution in [2.45, 2.75) is 418 Å². The molecule has 0 aliphatic heterocycles. The molecular weight excluding hydrogens is 995 g/mol. The van der Waals surface area contributed by atoms with Crippen LogP contribution < -0.4 is 5.32 Å². The topological polar surface area (TPSA) is 95.9 Å². The summed E-state index contributed by atoms with van der Waals surface area (Å²) in [4.78, 5) is 24.6. The lowest BCUT2D eigenvalue weighted by molar-refractivity contribution is -0.143. The van der Waals surface area contributed by atoms with E-state index in [0.29, 0.717) is 19.4 Å². The Kier molecular flexibility index (Phi) is 68.9. The molecule has 2 atom stereocenters. The highest BCUT2D eigenvalue weighted by atomic mass is 16.5. The number of rotatable bonds is 69. The third-order valence-corrected chi connectivity index (χ3v) is 17.1. The fourth-order valence-electron chi connectivity index (χ4n) is 11.5. The number of aliphatic hydroxyl groups is 2. The lowest BCUT2D eigenvalue weighted by atomic mass is 10.0. The summed E-state index contributed by atoms with van der Waals surface area (Å²) in [5, 5.41) is 23.2. The second-order valence-electron chi connectivity index (χ2n) is 25.3. The van der Waals surface area contributed by atoms with Gasteiger partial charge in [-0.1, -0.05) is 346 Å². The van der Waals surface area contributed by atoms with E-state index in [0.717, 1.165) is 44.9 Å². The van der Waals surface area contributed by atoms with Crippen LogP contribution in [0.4, 0.5) is 0 Å². The smallest absolute Gasteiger partial charge is 0.305 e. The van der Waals surface area contributed by atoms with E-state index in [1.54, 1.807) is 6.08 Å². The monoisotopic (exact) mass is 1140 g/mol. The van der Waals surface area contributed by atoms with Crippen LogP contribution in [0.2, 0.25) is 0 Å². The van der Waals surface area contributed by atoms with Crippen LogP contribution in [0, 0.1) is 0 Å². The maximum Gasteiger partial charge on any atom is 0.305 e. The van der Waals surface area contributed by atoms with Crippen molar-refractivity contribution in [1.82, 2.24) is 5.32 Å². The van der Waals surface area contributed by atoms with Gasteiger partial charge in [0.25, 0.3) is 0 Å². The fourth-order valence-corrected chi connectivity index (χ4v) is 11.5. The van der Waals surface area contributed by atoms with Gasteiger partial charge in [-0.2, -0.15) is 0 Å². The zero-order valence-corrected chi connectivity index (χ0v) is 54.8. The summed E-state index contributed by atoms with van der Waals surface area (Å²) in [6.07, 6.45) is 90.9. The van der Waals surface area contributed by atoms with Crippen molar-refractivity contribution in [1.29, 1.82) is 0 Å². The number of hydrogen-bond donors (Lipinski definition) is 3. The van der Waals surface area contributed by atoms with Crippen LogP contribution in [0.15, 0.2) is 36.5 Å². The number of aliphatic hydroxyl groups excluding tert-OH is 2. The standard InChI is InChI=1S/C75H143NO5/c1-3-5-7-9-11-13-15-17-19-35-39-43-47-51-55-59-63-67-73(78)72(71-77)76-74(79)68-64-60-56-52-48-44-40-37-33-31-29-27-25-23-21-22-24-26-28-30-32-34-38-42-46-50-54-58-62-66-70-81-75(80)69-65-61-57-53-49-45-41-36-20-18-16-14-12-10-8-6-4-2/h18,20,22,24,63,67,72-73,77-78H,3-17,19,21,23,25-62,64-66,68-71H2,1-2H3,(H,76,79)/b20-18-,24-22-,67-63+. The molecule has 0 aliphatic rings. The van der Waals surface area contributed by atoms with Crippen LogP contribution in [-0.4, -0.2) is 47.4 Å². The Balaban J connectivity index is 3.38. The highest BCUT2D eigenvalue weighted by Gasteiger charge is 2.18. The Morgan fingerprint density at radius 1 is 0.333 bits per heavy atom. The summed E-state index contributed by atoms with van der Waals surface area (Å²) >= 11 is 0. The number of hydrogen-bond acceptors (Lipinski definition) is 5. The van der Waals surface area contributed by atoms with E-state index in [4.69, 9.17) is 4.74 Å². The third kappa shape index (κ3) is 67.1. The zero-order chi connectivity index (χ0) is 58.5. The highest BCUT2D eigenvalue weighted by molar-refractivity contribution is 5.76. The van der Waals surface area contributed by atoms with Crippen LogP contribution in [0.3, 0.4) is 0 Å². The largest absolute Gasteiger partial charge is 0.466 e. The summed E-state index contributed by atoms with van der Waals surface area (Å²) in [6, 6.07) is -0.627. The van der Waals surface area contributed by atoms with Crippen LogP contribution >= 0.6 is 0 Å². The Bertz CT molecular complexity index is 1310.